The van der Waals surface area contributed by atoms with Crippen LogP contribution in [0.25, 0.3) is 11.0 Å². The van der Waals surface area contributed by atoms with Gasteiger partial charge in [0.25, 0.3) is 17.4 Å². The second-order valence-corrected chi connectivity index (χ2v) is 19.5. The number of methoxy groups -OCH3 is 2. The summed E-state index contributed by atoms with van der Waals surface area (Å²) in [7, 11) is 2.90. The summed E-state index contributed by atoms with van der Waals surface area (Å²) in [4.78, 5) is 109. The van der Waals surface area contributed by atoms with E-state index >= 15 is 0 Å². The molecule has 9 rings (SSSR count). The fourth-order valence-electron chi connectivity index (χ4n) is 10.4. The van der Waals surface area contributed by atoms with Gasteiger partial charge in [-0.15, -0.1) is 0 Å². The summed E-state index contributed by atoms with van der Waals surface area (Å²) in [6, 6.07) is 11.3. The monoisotopic (exact) mass is 1050 g/mol. The third-order valence-electron chi connectivity index (χ3n) is 14.5. The minimum Gasteiger partial charge on any atom is -0.493 e. The predicted octanol–water partition coefficient (Wildman–Crippen LogP) is 5.35. The van der Waals surface area contributed by atoms with Gasteiger partial charge >= 0.3 is 0 Å². The van der Waals surface area contributed by atoms with Crippen molar-refractivity contribution in [3.63, 3.8) is 0 Å². The van der Waals surface area contributed by atoms with Crippen LogP contribution >= 0.6 is 0 Å². The van der Waals surface area contributed by atoms with E-state index in [4.69, 9.17) is 19.2 Å². The van der Waals surface area contributed by atoms with Crippen molar-refractivity contribution in [1.29, 1.82) is 0 Å². The Morgan fingerprint density at radius 1 is 0.870 bits per heavy atom. The lowest BCUT2D eigenvalue weighted by atomic mass is 10.0. The summed E-state index contributed by atoms with van der Waals surface area (Å²) in [5.74, 6) is -0.142. The Balaban J connectivity index is 0.664. The van der Waals surface area contributed by atoms with Crippen molar-refractivity contribution in [1.82, 2.24) is 45.3 Å². The van der Waals surface area contributed by atoms with Crippen LogP contribution in [0.2, 0.25) is 0 Å². The molecule has 1 atom stereocenters. The Labute approximate surface area is 444 Å². The summed E-state index contributed by atoms with van der Waals surface area (Å²) >= 11 is 0. The Morgan fingerprint density at radius 3 is 2.32 bits per heavy atom. The highest BCUT2D eigenvalue weighted by molar-refractivity contribution is 6.06. The van der Waals surface area contributed by atoms with E-state index in [2.05, 4.69) is 46.4 Å². The molecule has 4 N–H and O–H groups in total. The number of amides is 5. The molecule has 3 fully saturated rings. The lowest BCUT2D eigenvalue weighted by Crippen LogP contribution is -2.52. The summed E-state index contributed by atoms with van der Waals surface area (Å²) in [5.41, 5.74) is 3.75. The van der Waals surface area contributed by atoms with Crippen molar-refractivity contribution in [3.8, 4) is 17.2 Å². The molecule has 1 saturated carbocycles. The number of imide groups is 1. The van der Waals surface area contributed by atoms with Gasteiger partial charge in [-0.1, -0.05) is 25.3 Å². The lowest BCUT2D eigenvalue weighted by molar-refractivity contribution is -0.137. The second kappa shape index (κ2) is 24.1. The molecule has 0 bridgehead atoms. The zero-order chi connectivity index (χ0) is 54.2. The van der Waals surface area contributed by atoms with Crippen LogP contribution in [0.3, 0.4) is 0 Å². The number of piperazine rings is 1. The van der Waals surface area contributed by atoms with E-state index in [9.17, 15) is 33.6 Å². The van der Waals surface area contributed by atoms with Crippen LogP contribution in [0.4, 0.5) is 28.8 Å². The number of aromatic nitrogens is 4. The number of benzene rings is 2. The molecule has 23 heteroatoms. The number of aryl methyl sites for hydroxylation is 1. The van der Waals surface area contributed by atoms with Gasteiger partial charge in [0.2, 0.25) is 29.4 Å². The fourth-order valence-corrected chi connectivity index (χ4v) is 10.4. The molecule has 2 aromatic carbocycles. The number of azo groups is 1. The third-order valence-corrected chi connectivity index (χ3v) is 14.5. The number of nitrogens with one attached hydrogen (secondary N) is 4. The zero-order valence-corrected chi connectivity index (χ0v) is 43.7. The number of rotatable bonds is 21. The molecule has 0 radical (unpaired) electrons. The number of hydrogen-bond donors (Lipinski definition) is 4. The Morgan fingerprint density at radius 2 is 1.62 bits per heavy atom. The van der Waals surface area contributed by atoms with Gasteiger partial charge in [0, 0.05) is 86.6 Å². The van der Waals surface area contributed by atoms with Crippen LogP contribution in [0.5, 0.6) is 17.2 Å². The maximum absolute atomic E-state index is 13.6. The minimum absolute atomic E-state index is 0.0189. The van der Waals surface area contributed by atoms with E-state index < -0.39 is 11.9 Å². The number of anilines is 3. The summed E-state index contributed by atoms with van der Waals surface area (Å²) in [6.07, 6.45) is 9.99. The number of hydrogen-bond acceptors (Lipinski definition) is 18. The third kappa shape index (κ3) is 12.0. The molecule has 2 saturated heterocycles. The second-order valence-electron chi connectivity index (χ2n) is 19.5. The number of ether oxygens (including phenoxy) is 3. The molecule has 404 valence electrons. The van der Waals surface area contributed by atoms with Crippen molar-refractivity contribution in [3.05, 3.63) is 87.5 Å². The Bertz CT molecular complexity index is 3140. The highest BCUT2D eigenvalue weighted by atomic mass is 16.5. The molecule has 23 nitrogen and oxygen atoms in total. The zero-order valence-electron chi connectivity index (χ0n) is 43.7. The molecular weight excluding hydrogens is 991 g/mol. The number of nitrogens with zero attached hydrogens (tertiary/aromatic N) is 9. The SMILES string of the molecule is COc1cc(/N=N\c2cccc3c2CN(C2CCC(=O)NC2=O)C3=O)cc(OC)c1OCC(=O)NCCCCCNCC(=O)N1CCN(c2ccc(Nc3ncc4c(C)c(C(C)=O)c(=O)n(C5CCCC5)c4n3)nc2)CC1. The van der Waals surface area contributed by atoms with Gasteiger partial charge in [-0.05, 0) is 82.3 Å². The van der Waals surface area contributed by atoms with E-state index in [-0.39, 0.29) is 96.4 Å². The van der Waals surface area contributed by atoms with Gasteiger partial charge in [-0.3, -0.25) is 43.4 Å². The average molecular weight is 1050 g/mol. The van der Waals surface area contributed by atoms with Gasteiger partial charge in [-0.25, -0.2) is 9.97 Å². The first kappa shape index (κ1) is 53.5. The first-order valence-electron chi connectivity index (χ1n) is 26.0. The normalized spacial score (nSPS) is 16.8. The topological polar surface area (TPSA) is 273 Å². The Kier molecular flexibility index (Phi) is 16.7. The maximum atomic E-state index is 13.6. The van der Waals surface area contributed by atoms with Crippen LogP contribution < -0.4 is 45.9 Å². The van der Waals surface area contributed by atoms with Crippen LogP contribution in [0, 0.1) is 6.92 Å². The van der Waals surface area contributed by atoms with E-state index in [1.807, 2.05) is 17.0 Å². The van der Waals surface area contributed by atoms with Gasteiger partial charge in [0.15, 0.2) is 23.9 Å². The van der Waals surface area contributed by atoms with Crippen LogP contribution in [-0.4, -0.2) is 137 Å². The fraction of sp³-hybridized carbons (Fsp3) is 0.444. The molecule has 4 aliphatic rings. The van der Waals surface area contributed by atoms with Crippen molar-refractivity contribution >= 4 is 75.2 Å². The highest BCUT2D eigenvalue weighted by Gasteiger charge is 2.40. The average Bonchev–Trinajstić information content (AvgIpc) is 4.09. The first-order valence-corrected chi connectivity index (χ1v) is 26.0. The maximum Gasteiger partial charge on any atom is 0.263 e. The molecule has 3 aromatic heterocycles. The van der Waals surface area contributed by atoms with Crippen molar-refractivity contribution in [2.45, 2.75) is 90.3 Å². The van der Waals surface area contributed by atoms with Crippen LogP contribution in [0.15, 0.2) is 69.9 Å². The first-order chi connectivity index (χ1) is 37.3. The largest absolute Gasteiger partial charge is 0.493 e. The number of carbonyl (C=O) groups is 6. The highest BCUT2D eigenvalue weighted by Crippen LogP contribution is 2.42. The number of Topliss-reactive ketones (excluding diaryl/α,β-unsaturated/α-hetero) is 1. The summed E-state index contributed by atoms with van der Waals surface area (Å²) < 4.78 is 18.7. The lowest BCUT2D eigenvalue weighted by Gasteiger charge is -2.36. The number of carbonyl (C=O) groups excluding carboxylic acids is 6. The van der Waals surface area contributed by atoms with E-state index in [0.717, 1.165) is 50.6 Å². The molecule has 6 heterocycles. The van der Waals surface area contributed by atoms with Crippen molar-refractivity contribution in [2.75, 3.05) is 76.9 Å². The smallest absolute Gasteiger partial charge is 0.263 e. The molecule has 77 heavy (non-hydrogen) atoms. The number of unbranched alkanes of at least 4 members (excludes halogenated alkanes) is 2. The summed E-state index contributed by atoms with van der Waals surface area (Å²) in [5, 5.41) is 21.1. The van der Waals surface area contributed by atoms with E-state index in [1.54, 1.807) is 54.2 Å². The number of piperidine rings is 1. The number of ketones is 1. The molecular formula is C54H63N13O10. The standard InChI is InChI=1S/C54H63N13O10/c1-32-38-28-58-54(61-50(38)67(35-11-6-7-12-35)53(74)48(32)33(2)68)59-44-17-15-36(27-57-44)64-21-23-65(24-22-64)47(71)29-55-19-8-5-9-20-56-46(70)31-77-49-42(75-3)25-34(26-43(49)76-4)62-63-40-14-10-13-37-39(40)30-66(52(37)73)41-16-18-45(69)60-51(41)72/h10,13-15,17,25-28,35,41,55H,5-9,11-12,16,18-24,29-31H2,1-4H3,(H,56,70)(H,60,69,72)(H,57,58,59,61)/b63-62-. The number of pyridine rings is 2. The Hall–Kier alpha value is -8.34. The summed E-state index contributed by atoms with van der Waals surface area (Å²) in [6.45, 7) is 6.87. The van der Waals surface area contributed by atoms with Gasteiger partial charge in [0.1, 0.15) is 17.5 Å². The molecule has 1 aliphatic carbocycles. The quantitative estimate of drug-likeness (QED) is 0.0312. The number of fused-ring (bicyclic) bond motifs is 2. The molecule has 1 unspecified atom stereocenters. The van der Waals surface area contributed by atoms with Gasteiger partial charge in [0.05, 0.1) is 49.6 Å². The molecule has 5 amide bonds. The van der Waals surface area contributed by atoms with Crippen molar-refractivity contribution < 1.29 is 43.0 Å². The van der Waals surface area contributed by atoms with Crippen LogP contribution in [0.1, 0.15) is 103 Å². The molecule has 0 spiro atoms. The minimum atomic E-state index is -0.756. The van der Waals surface area contributed by atoms with Gasteiger partial charge in [-0.2, -0.15) is 15.2 Å². The molecule has 5 aromatic rings. The van der Waals surface area contributed by atoms with Crippen LogP contribution in [-0.2, 0) is 25.7 Å². The van der Waals surface area contributed by atoms with Gasteiger partial charge < -0.3 is 44.9 Å². The van der Waals surface area contributed by atoms with E-state index in [1.165, 1.54) is 26.0 Å². The predicted molar refractivity (Wildman–Crippen MR) is 284 cm³/mol. The van der Waals surface area contributed by atoms with Crippen molar-refractivity contribution in [2.24, 2.45) is 10.2 Å². The molecule has 3 aliphatic heterocycles. The van der Waals surface area contributed by atoms with E-state index in [0.29, 0.717) is 90.1 Å².